The lowest BCUT2D eigenvalue weighted by atomic mass is 10.2. The molecule has 0 unspecified atom stereocenters. The lowest BCUT2D eigenvalue weighted by molar-refractivity contribution is 0.0947. The lowest BCUT2D eigenvalue weighted by Crippen LogP contribution is -2.26. The molecule has 6 heteroatoms. The highest BCUT2D eigenvalue weighted by Gasteiger charge is 2.15. The Morgan fingerprint density at radius 1 is 1.39 bits per heavy atom. The van der Waals surface area contributed by atoms with Gasteiger partial charge in [0.05, 0.1) is 5.56 Å². The topological polar surface area (TPSA) is 45.2 Å². The van der Waals surface area contributed by atoms with Crippen molar-refractivity contribution in [1.82, 2.24) is 15.2 Å². The minimum atomic E-state index is -1.25. The molecule has 0 aliphatic carbocycles. The normalized spacial score (nSPS) is 10.7. The van der Waals surface area contributed by atoms with Crippen molar-refractivity contribution in [1.29, 1.82) is 0 Å². The highest BCUT2D eigenvalue weighted by atomic mass is 19.2. The third-order valence-corrected chi connectivity index (χ3v) is 2.41. The van der Waals surface area contributed by atoms with Gasteiger partial charge in [0.1, 0.15) is 0 Å². The summed E-state index contributed by atoms with van der Waals surface area (Å²) in [5, 5.41) is 2.55. The van der Waals surface area contributed by atoms with Gasteiger partial charge < -0.3 is 10.2 Å². The maximum atomic E-state index is 13.2. The Labute approximate surface area is 105 Å². The molecule has 1 rings (SSSR count). The molecule has 0 aliphatic rings. The first-order chi connectivity index (χ1) is 8.52. The Bertz CT molecular complexity index is 410. The molecular weight excluding hydrogens is 240 g/mol. The van der Waals surface area contributed by atoms with Crippen molar-refractivity contribution in [2.75, 3.05) is 27.2 Å². The van der Waals surface area contributed by atoms with Crippen LogP contribution in [0.2, 0.25) is 0 Å². The fraction of sp³-hybridized carbons (Fsp3) is 0.500. The van der Waals surface area contributed by atoms with Gasteiger partial charge in [-0.25, -0.2) is 9.37 Å². The molecule has 1 N–H and O–H groups in total. The maximum Gasteiger partial charge on any atom is 0.254 e. The number of amides is 1. The highest BCUT2D eigenvalue weighted by Crippen LogP contribution is 2.08. The smallest absolute Gasteiger partial charge is 0.254 e. The summed E-state index contributed by atoms with van der Waals surface area (Å²) in [5.41, 5.74) is -0.310. The molecular formula is C12H17F2N3O. The first kappa shape index (κ1) is 14.5. The number of hydrogen-bond acceptors (Lipinski definition) is 3. The van der Waals surface area contributed by atoms with E-state index in [9.17, 15) is 13.6 Å². The summed E-state index contributed by atoms with van der Waals surface area (Å²) in [4.78, 5) is 16.7. The second kappa shape index (κ2) is 7.00. The van der Waals surface area contributed by atoms with Crippen molar-refractivity contribution in [3.63, 3.8) is 0 Å². The van der Waals surface area contributed by atoms with Gasteiger partial charge in [-0.1, -0.05) is 0 Å². The van der Waals surface area contributed by atoms with Gasteiger partial charge in [-0.05, 0) is 39.5 Å². The predicted molar refractivity (Wildman–Crippen MR) is 64.3 cm³/mol. The van der Waals surface area contributed by atoms with Gasteiger partial charge in [-0.2, -0.15) is 4.39 Å². The summed E-state index contributed by atoms with van der Waals surface area (Å²) in [6.07, 6.45) is 2.79. The van der Waals surface area contributed by atoms with Crippen LogP contribution < -0.4 is 5.32 Å². The molecule has 0 saturated carbocycles. The molecule has 0 aromatic carbocycles. The average Bonchev–Trinajstić information content (AvgIpc) is 2.31. The molecule has 1 amide bonds. The molecule has 1 aromatic rings. The first-order valence-electron chi connectivity index (χ1n) is 5.75. The molecule has 0 radical (unpaired) electrons. The van der Waals surface area contributed by atoms with E-state index in [2.05, 4.69) is 10.3 Å². The Kier molecular flexibility index (Phi) is 5.64. The minimum absolute atomic E-state index is 0.310. The van der Waals surface area contributed by atoms with Crippen LogP contribution in [0.25, 0.3) is 0 Å². The summed E-state index contributed by atoms with van der Waals surface area (Å²) < 4.78 is 26.0. The molecule has 0 saturated heterocycles. The number of aromatic nitrogens is 1. The number of carbonyl (C=O) groups is 1. The average molecular weight is 257 g/mol. The lowest BCUT2D eigenvalue weighted by Gasteiger charge is -2.09. The second-order valence-corrected chi connectivity index (χ2v) is 4.23. The van der Waals surface area contributed by atoms with Gasteiger partial charge in [0, 0.05) is 12.7 Å². The largest absolute Gasteiger partial charge is 0.352 e. The van der Waals surface area contributed by atoms with Crippen LogP contribution >= 0.6 is 0 Å². The number of nitrogens with one attached hydrogen (secondary N) is 1. The molecule has 100 valence electrons. The van der Waals surface area contributed by atoms with Crippen molar-refractivity contribution < 1.29 is 13.6 Å². The van der Waals surface area contributed by atoms with E-state index in [4.69, 9.17) is 0 Å². The van der Waals surface area contributed by atoms with Crippen LogP contribution in [0.3, 0.4) is 0 Å². The van der Waals surface area contributed by atoms with Gasteiger partial charge in [-0.3, -0.25) is 4.79 Å². The Balaban J connectivity index is 2.39. The third kappa shape index (κ3) is 4.37. The Morgan fingerprint density at radius 3 is 2.78 bits per heavy atom. The first-order valence-corrected chi connectivity index (χ1v) is 5.75. The highest BCUT2D eigenvalue weighted by molar-refractivity contribution is 5.94. The standard InChI is InChI=1S/C12H17F2N3O/c1-17(2)8-4-3-6-16-12(18)9-5-7-15-11(14)10(9)13/h5,7H,3-4,6,8H2,1-2H3,(H,16,18). The summed E-state index contributed by atoms with van der Waals surface area (Å²) >= 11 is 0. The number of unbranched alkanes of at least 4 members (excludes halogenated alkanes) is 1. The van der Waals surface area contributed by atoms with Crippen LogP contribution in [0.4, 0.5) is 8.78 Å². The van der Waals surface area contributed by atoms with E-state index < -0.39 is 17.7 Å². The molecule has 0 atom stereocenters. The quantitative estimate of drug-likeness (QED) is 0.619. The van der Waals surface area contributed by atoms with E-state index in [1.807, 2.05) is 19.0 Å². The van der Waals surface area contributed by atoms with E-state index >= 15 is 0 Å². The summed E-state index contributed by atoms with van der Waals surface area (Å²) in [6, 6.07) is 1.16. The van der Waals surface area contributed by atoms with E-state index in [0.717, 1.165) is 31.6 Å². The molecule has 1 heterocycles. The van der Waals surface area contributed by atoms with E-state index in [-0.39, 0.29) is 5.56 Å². The maximum absolute atomic E-state index is 13.2. The van der Waals surface area contributed by atoms with Gasteiger partial charge in [-0.15, -0.1) is 0 Å². The number of hydrogen-bond donors (Lipinski definition) is 1. The Morgan fingerprint density at radius 2 is 2.11 bits per heavy atom. The summed E-state index contributed by atoms with van der Waals surface area (Å²) in [6.45, 7) is 1.37. The third-order valence-electron chi connectivity index (χ3n) is 2.41. The predicted octanol–water partition coefficient (Wildman–Crippen LogP) is 1.43. The molecule has 0 bridgehead atoms. The van der Waals surface area contributed by atoms with Crippen LogP contribution in [-0.2, 0) is 0 Å². The fourth-order valence-electron chi connectivity index (χ4n) is 1.44. The minimum Gasteiger partial charge on any atom is -0.352 e. The van der Waals surface area contributed by atoms with E-state index in [0.29, 0.717) is 6.54 Å². The van der Waals surface area contributed by atoms with Gasteiger partial charge in [0.25, 0.3) is 5.91 Å². The molecule has 0 spiro atoms. The van der Waals surface area contributed by atoms with E-state index in [1.165, 1.54) is 0 Å². The second-order valence-electron chi connectivity index (χ2n) is 4.23. The van der Waals surface area contributed by atoms with Crippen molar-refractivity contribution in [3.8, 4) is 0 Å². The molecule has 0 aliphatic heterocycles. The van der Waals surface area contributed by atoms with Crippen molar-refractivity contribution in [2.45, 2.75) is 12.8 Å². The zero-order chi connectivity index (χ0) is 13.5. The number of nitrogens with zero attached hydrogens (tertiary/aromatic N) is 2. The van der Waals surface area contributed by atoms with E-state index in [1.54, 1.807) is 0 Å². The monoisotopic (exact) mass is 257 g/mol. The number of halogens is 2. The van der Waals surface area contributed by atoms with Crippen LogP contribution in [0.5, 0.6) is 0 Å². The van der Waals surface area contributed by atoms with Crippen LogP contribution in [0.15, 0.2) is 12.3 Å². The summed E-state index contributed by atoms with van der Waals surface area (Å²) in [5.74, 6) is -3.07. The number of carbonyl (C=O) groups excluding carboxylic acids is 1. The number of rotatable bonds is 6. The van der Waals surface area contributed by atoms with Crippen molar-refractivity contribution in [3.05, 3.63) is 29.6 Å². The van der Waals surface area contributed by atoms with Crippen LogP contribution in [-0.4, -0.2) is 43.0 Å². The van der Waals surface area contributed by atoms with Crippen LogP contribution in [0, 0.1) is 11.8 Å². The van der Waals surface area contributed by atoms with Crippen LogP contribution in [0.1, 0.15) is 23.2 Å². The van der Waals surface area contributed by atoms with Gasteiger partial charge >= 0.3 is 0 Å². The zero-order valence-corrected chi connectivity index (χ0v) is 10.5. The molecule has 0 fully saturated rings. The van der Waals surface area contributed by atoms with Crippen molar-refractivity contribution in [2.24, 2.45) is 0 Å². The zero-order valence-electron chi connectivity index (χ0n) is 10.5. The molecule has 4 nitrogen and oxygen atoms in total. The molecule has 1 aromatic heterocycles. The van der Waals surface area contributed by atoms with Gasteiger partial charge in [0.2, 0.25) is 5.95 Å². The number of pyridine rings is 1. The summed E-state index contributed by atoms with van der Waals surface area (Å²) in [7, 11) is 3.93. The SMILES string of the molecule is CN(C)CCCCNC(=O)c1ccnc(F)c1F. The molecule has 18 heavy (non-hydrogen) atoms. The van der Waals surface area contributed by atoms with Crippen molar-refractivity contribution >= 4 is 5.91 Å². The van der Waals surface area contributed by atoms with Gasteiger partial charge in [0.15, 0.2) is 5.82 Å². The Hall–Kier alpha value is -1.56. The fourth-order valence-corrected chi connectivity index (χ4v) is 1.44.